The summed E-state index contributed by atoms with van der Waals surface area (Å²) in [5.41, 5.74) is 0.745. The van der Waals surface area contributed by atoms with Crippen molar-refractivity contribution in [1.82, 2.24) is 24.5 Å². The van der Waals surface area contributed by atoms with E-state index in [9.17, 15) is 4.79 Å². The van der Waals surface area contributed by atoms with Crippen LogP contribution >= 0.6 is 11.5 Å². The molecule has 0 spiro atoms. The molecule has 0 saturated carbocycles. The number of anilines is 1. The van der Waals surface area contributed by atoms with Crippen molar-refractivity contribution in [3.8, 4) is 0 Å². The highest BCUT2D eigenvalue weighted by atomic mass is 32.1. The maximum absolute atomic E-state index is 12.6. The number of hydrogen-bond acceptors (Lipinski definition) is 7. The molecule has 0 aliphatic carbocycles. The van der Waals surface area contributed by atoms with Gasteiger partial charge in [-0.25, -0.2) is 9.97 Å². The minimum Gasteiger partial charge on any atom is -0.341 e. The minimum atomic E-state index is 0.102. The van der Waals surface area contributed by atoms with Gasteiger partial charge in [0.2, 0.25) is 5.95 Å². The van der Waals surface area contributed by atoms with E-state index < -0.39 is 0 Å². The fourth-order valence-electron chi connectivity index (χ4n) is 3.95. The molecule has 2 saturated heterocycles. The second-order valence-electron chi connectivity index (χ2n) is 6.86. The number of hydrogen-bond donors (Lipinski definition) is 0. The Kier molecular flexibility index (Phi) is 4.61. The molecule has 1 atom stereocenters. The summed E-state index contributed by atoms with van der Waals surface area (Å²) in [6.07, 6.45) is 6.98. The molecule has 7 nitrogen and oxygen atoms in total. The highest BCUT2D eigenvalue weighted by Crippen LogP contribution is 2.33. The molecule has 0 bridgehead atoms. The summed E-state index contributed by atoms with van der Waals surface area (Å²) in [5.74, 6) is 2.21. The Labute approximate surface area is 151 Å². The summed E-state index contributed by atoms with van der Waals surface area (Å²) in [4.78, 5) is 26.3. The van der Waals surface area contributed by atoms with E-state index in [1.54, 1.807) is 12.4 Å². The van der Waals surface area contributed by atoms with E-state index in [1.165, 1.54) is 11.5 Å². The van der Waals surface area contributed by atoms with E-state index in [-0.39, 0.29) is 5.91 Å². The largest absolute Gasteiger partial charge is 0.341 e. The Hall–Kier alpha value is -2.09. The first-order valence-electron chi connectivity index (χ1n) is 8.82. The molecule has 1 amide bonds. The van der Waals surface area contributed by atoms with E-state index in [1.807, 2.05) is 17.9 Å². The molecule has 0 unspecified atom stereocenters. The Morgan fingerprint density at radius 3 is 2.52 bits per heavy atom. The van der Waals surface area contributed by atoms with E-state index in [2.05, 4.69) is 24.5 Å². The quantitative estimate of drug-likeness (QED) is 0.835. The average molecular weight is 358 g/mol. The summed E-state index contributed by atoms with van der Waals surface area (Å²) in [7, 11) is 0. The molecule has 2 aliphatic heterocycles. The fraction of sp³-hybridized carbons (Fsp3) is 0.588. The van der Waals surface area contributed by atoms with Crippen LogP contribution in [0.5, 0.6) is 0 Å². The molecule has 4 heterocycles. The first-order valence-corrected chi connectivity index (χ1v) is 9.60. The molecule has 2 aromatic heterocycles. The summed E-state index contributed by atoms with van der Waals surface area (Å²) >= 11 is 1.21. The van der Waals surface area contributed by atoms with Crippen molar-refractivity contribution >= 4 is 23.4 Å². The van der Waals surface area contributed by atoms with Crippen molar-refractivity contribution < 1.29 is 4.79 Å². The predicted molar refractivity (Wildman–Crippen MR) is 95.6 cm³/mol. The Morgan fingerprint density at radius 2 is 1.84 bits per heavy atom. The SMILES string of the molecule is Cc1nnsc1C(=O)N1CC[C@H](C2CCN(c3ncccn3)CC2)C1. The maximum atomic E-state index is 12.6. The number of amides is 1. The molecule has 0 N–H and O–H groups in total. The van der Waals surface area contributed by atoms with Gasteiger partial charge in [-0.3, -0.25) is 4.79 Å². The molecule has 0 aromatic carbocycles. The lowest BCUT2D eigenvalue weighted by Crippen LogP contribution is -2.38. The molecule has 2 fully saturated rings. The van der Waals surface area contributed by atoms with Gasteiger partial charge >= 0.3 is 0 Å². The van der Waals surface area contributed by atoms with Gasteiger partial charge in [0.1, 0.15) is 4.88 Å². The smallest absolute Gasteiger partial charge is 0.267 e. The highest BCUT2D eigenvalue weighted by molar-refractivity contribution is 7.07. The Morgan fingerprint density at radius 1 is 1.12 bits per heavy atom. The topological polar surface area (TPSA) is 75.1 Å². The number of piperidine rings is 1. The molecule has 2 aromatic rings. The van der Waals surface area contributed by atoms with Crippen molar-refractivity contribution in [2.75, 3.05) is 31.1 Å². The molecular weight excluding hydrogens is 336 g/mol. The third-order valence-corrected chi connectivity index (χ3v) is 6.21. The van der Waals surface area contributed by atoms with Crippen LogP contribution in [0.4, 0.5) is 5.95 Å². The summed E-state index contributed by atoms with van der Waals surface area (Å²) in [5, 5.41) is 3.96. The van der Waals surface area contributed by atoms with E-state index in [0.29, 0.717) is 16.7 Å². The van der Waals surface area contributed by atoms with Crippen molar-refractivity contribution in [3.05, 3.63) is 29.0 Å². The zero-order valence-electron chi connectivity index (χ0n) is 14.3. The van der Waals surface area contributed by atoms with E-state index >= 15 is 0 Å². The zero-order chi connectivity index (χ0) is 17.2. The molecule has 132 valence electrons. The molecule has 8 heteroatoms. The van der Waals surface area contributed by atoms with Crippen LogP contribution in [0, 0.1) is 18.8 Å². The van der Waals surface area contributed by atoms with Gasteiger partial charge in [0.15, 0.2) is 0 Å². The summed E-state index contributed by atoms with van der Waals surface area (Å²) < 4.78 is 3.89. The molecular formula is C17H22N6OS. The third kappa shape index (κ3) is 3.35. The van der Waals surface area contributed by atoms with Crippen LogP contribution in [0.25, 0.3) is 0 Å². The number of carbonyl (C=O) groups is 1. The number of aromatic nitrogens is 4. The molecule has 0 radical (unpaired) electrons. The van der Waals surface area contributed by atoms with Crippen molar-refractivity contribution in [2.24, 2.45) is 11.8 Å². The molecule has 2 aliphatic rings. The van der Waals surface area contributed by atoms with E-state index in [0.717, 1.165) is 57.1 Å². The molecule has 4 rings (SSSR count). The van der Waals surface area contributed by atoms with Gasteiger partial charge in [-0.15, -0.1) is 5.10 Å². The van der Waals surface area contributed by atoms with Crippen LogP contribution in [0.2, 0.25) is 0 Å². The Bertz CT molecular complexity index is 728. The van der Waals surface area contributed by atoms with E-state index in [4.69, 9.17) is 0 Å². The third-order valence-electron chi connectivity index (χ3n) is 5.40. The minimum absolute atomic E-state index is 0.102. The van der Waals surface area contributed by atoms with Gasteiger partial charge in [0, 0.05) is 38.6 Å². The van der Waals surface area contributed by atoms with Gasteiger partial charge in [0.25, 0.3) is 5.91 Å². The standard InChI is InChI=1S/C17H22N6OS/c1-12-15(25-21-20-12)16(24)23-10-5-14(11-23)13-3-8-22(9-4-13)17-18-6-2-7-19-17/h2,6-7,13-14H,3-5,8-11H2,1H3/t14-/m0/s1. The number of aryl methyl sites for hydroxylation is 1. The lowest BCUT2D eigenvalue weighted by atomic mass is 9.84. The van der Waals surface area contributed by atoms with Gasteiger partial charge in [-0.1, -0.05) is 4.49 Å². The van der Waals surface area contributed by atoms with Gasteiger partial charge in [-0.2, -0.15) is 0 Å². The average Bonchev–Trinajstić information content (AvgIpc) is 3.31. The maximum Gasteiger partial charge on any atom is 0.267 e. The van der Waals surface area contributed by atoms with Crippen LogP contribution in [-0.2, 0) is 0 Å². The summed E-state index contributed by atoms with van der Waals surface area (Å²) in [6.45, 7) is 5.56. The van der Waals surface area contributed by atoms with Crippen LogP contribution in [0.3, 0.4) is 0 Å². The van der Waals surface area contributed by atoms with Crippen LogP contribution in [0.1, 0.15) is 34.6 Å². The Balaban J connectivity index is 1.33. The van der Waals surface area contributed by atoms with Gasteiger partial charge in [-0.05, 0) is 55.6 Å². The fourth-order valence-corrected chi connectivity index (χ4v) is 4.58. The number of rotatable bonds is 3. The summed E-state index contributed by atoms with van der Waals surface area (Å²) in [6, 6.07) is 1.85. The van der Waals surface area contributed by atoms with Crippen LogP contribution < -0.4 is 4.90 Å². The number of likely N-dealkylation sites (tertiary alicyclic amines) is 1. The highest BCUT2D eigenvalue weighted by Gasteiger charge is 2.35. The molecule has 25 heavy (non-hydrogen) atoms. The van der Waals surface area contributed by atoms with Crippen LogP contribution in [-0.4, -0.2) is 56.5 Å². The zero-order valence-corrected chi connectivity index (χ0v) is 15.2. The predicted octanol–water partition coefficient (Wildman–Crippen LogP) is 2.02. The van der Waals surface area contributed by atoms with Crippen molar-refractivity contribution in [2.45, 2.75) is 26.2 Å². The lowest BCUT2D eigenvalue weighted by Gasteiger charge is -2.34. The van der Waals surface area contributed by atoms with Gasteiger partial charge in [0.05, 0.1) is 5.69 Å². The number of nitrogens with zero attached hydrogens (tertiary/aromatic N) is 6. The van der Waals surface area contributed by atoms with Crippen LogP contribution in [0.15, 0.2) is 18.5 Å². The monoisotopic (exact) mass is 358 g/mol. The first-order chi connectivity index (χ1) is 12.2. The second kappa shape index (κ2) is 7.03. The van der Waals surface area contributed by atoms with Crippen molar-refractivity contribution in [3.63, 3.8) is 0 Å². The second-order valence-corrected chi connectivity index (χ2v) is 7.61. The number of carbonyl (C=O) groups excluding carboxylic acids is 1. The lowest BCUT2D eigenvalue weighted by molar-refractivity contribution is 0.0784. The van der Waals surface area contributed by atoms with Gasteiger partial charge < -0.3 is 9.80 Å². The van der Waals surface area contributed by atoms with Crippen molar-refractivity contribution in [1.29, 1.82) is 0 Å². The normalized spacial score (nSPS) is 21.7. The first kappa shape index (κ1) is 16.4.